The molecule has 2 heterocycles. The Balaban J connectivity index is 2.20. The fourth-order valence-corrected chi connectivity index (χ4v) is 2.06. The molecule has 2 rings (SSSR count). The number of hydrogen-bond acceptors (Lipinski definition) is 2. The standard InChI is InChI=1S/C11H9F2NS/c12-11(13,8-9-4-3-7-15-9)10-5-1-2-6-14-10/h1-7H,8H2. The van der Waals surface area contributed by atoms with E-state index in [9.17, 15) is 8.78 Å². The van der Waals surface area contributed by atoms with Crippen molar-refractivity contribution >= 4 is 11.3 Å². The van der Waals surface area contributed by atoms with Crippen molar-refractivity contribution in [3.8, 4) is 0 Å². The van der Waals surface area contributed by atoms with Gasteiger partial charge in [0.2, 0.25) is 0 Å². The van der Waals surface area contributed by atoms with E-state index in [4.69, 9.17) is 0 Å². The van der Waals surface area contributed by atoms with Gasteiger partial charge in [0.1, 0.15) is 5.69 Å². The first-order chi connectivity index (χ1) is 7.18. The highest BCUT2D eigenvalue weighted by Crippen LogP contribution is 2.31. The van der Waals surface area contributed by atoms with Crippen molar-refractivity contribution in [1.29, 1.82) is 0 Å². The number of rotatable bonds is 3. The number of thiophene rings is 1. The summed E-state index contributed by atoms with van der Waals surface area (Å²) in [4.78, 5) is 4.36. The zero-order valence-electron chi connectivity index (χ0n) is 7.86. The number of halogens is 2. The topological polar surface area (TPSA) is 12.9 Å². The Morgan fingerprint density at radius 2 is 2.07 bits per heavy atom. The Morgan fingerprint density at radius 3 is 2.67 bits per heavy atom. The van der Waals surface area contributed by atoms with Crippen LogP contribution in [0.3, 0.4) is 0 Å². The third kappa shape index (κ3) is 2.39. The number of pyridine rings is 1. The second kappa shape index (κ2) is 4.06. The minimum Gasteiger partial charge on any atom is -0.255 e. The van der Waals surface area contributed by atoms with Gasteiger partial charge in [-0.2, -0.15) is 8.78 Å². The van der Waals surface area contributed by atoms with Gasteiger partial charge in [0.15, 0.2) is 0 Å². The summed E-state index contributed by atoms with van der Waals surface area (Å²) in [6.45, 7) is 0. The quantitative estimate of drug-likeness (QED) is 0.779. The smallest absolute Gasteiger partial charge is 0.255 e. The van der Waals surface area contributed by atoms with Crippen LogP contribution in [0.1, 0.15) is 10.6 Å². The van der Waals surface area contributed by atoms with E-state index in [1.807, 2.05) is 0 Å². The monoisotopic (exact) mass is 225 g/mol. The molecule has 0 bridgehead atoms. The van der Waals surface area contributed by atoms with Gasteiger partial charge in [-0.25, -0.2) is 0 Å². The van der Waals surface area contributed by atoms with Crippen LogP contribution < -0.4 is 0 Å². The lowest BCUT2D eigenvalue weighted by Gasteiger charge is -2.14. The Labute approximate surface area is 90.4 Å². The van der Waals surface area contributed by atoms with Crippen molar-refractivity contribution in [2.24, 2.45) is 0 Å². The number of alkyl halides is 2. The molecule has 0 saturated carbocycles. The average Bonchev–Trinajstić information content (AvgIpc) is 2.71. The molecule has 2 aromatic rings. The van der Waals surface area contributed by atoms with Crippen LogP contribution >= 0.6 is 11.3 Å². The van der Waals surface area contributed by atoms with Crippen molar-refractivity contribution in [3.63, 3.8) is 0 Å². The first-order valence-corrected chi connectivity index (χ1v) is 5.38. The molecular formula is C11H9F2NS. The highest BCUT2D eigenvalue weighted by Gasteiger charge is 2.33. The second-order valence-corrected chi connectivity index (χ2v) is 4.21. The highest BCUT2D eigenvalue weighted by atomic mass is 32.1. The van der Waals surface area contributed by atoms with Gasteiger partial charge >= 0.3 is 0 Å². The Bertz CT molecular complexity index is 411. The molecule has 0 aromatic carbocycles. The third-order valence-electron chi connectivity index (χ3n) is 2.02. The van der Waals surface area contributed by atoms with Crippen molar-refractivity contribution in [2.45, 2.75) is 12.3 Å². The van der Waals surface area contributed by atoms with E-state index in [1.165, 1.54) is 23.6 Å². The molecule has 0 aliphatic rings. The lowest BCUT2D eigenvalue weighted by molar-refractivity contribution is -0.00754. The molecule has 0 atom stereocenters. The van der Waals surface area contributed by atoms with Crippen molar-refractivity contribution in [2.75, 3.05) is 0 Å². The van der Waals surface area contributed by atoms with Crippen molar-refractivity contribution in [1.82, 2.24) is 4.98 Å². The molecule has 4 heteroatoms. The molecule has 0 unspecified atom stereocenters. The van der Waals surface area contributed by atoms with Crippen LogP contribution in [-0.2, 0) is 12.3 Å². The number of nitrogens with zero attached hydrogens (tertiary/aromatic N) is 1. The van der Waals surface area contributed by atoms with Gasteiger partial charge < -0.3 is 0 Å². The third-order valence-corrected chi connectivity index (χ3v) is 2.89. The van der Waals surface area contributed by atoms with E-state index in [2.05, 4.69) is 4.98 Å². The van der Waals surface area contributed by atoms with Crippen LogP contribution in [0.5, 0.6) is 0 Å². The van der Waals surface area contributed by atoms with E-state index < -0.39 is 5.92 Å². The van der Waals surface area contributed by atoms with Crippen molar-refractivity contribution in [3.05, 3.63) is 52.5 Å². The molecule has 0 N–H and O–H groups in total. The van der Waals surface area contributed by atoms with Gasteiger partial charge in [0.25, 0.3) is 5.92 Å². The molecule has 1 nitrogen and oxygen atoms in total. The van der Waals surface area contributed by atoms with E-state index in [1.54, 1.807) is 29.6 Å². The Kier molecular flexibility index (Phi) is 2.77. The zero-order valence-corrected chi connectivity index (χ0v) is 8.68. The lowest BCUT2D eigenvalue weighted by Crippen LogP contribution is -2.17. The van der Waals surface area contributed by atoms with Gasteiger partial charge in [-0.05, 0) is 23.6 Å². The zero-order chi connectivity index (χ0) is 10.7. The SMILES string of the molecule is FC(F)(Cc1cccs1)c1ccccn1. The predicted octanol–water partition coefficient (Wildman–Crippen LogP) is 3.48. The van der Waals surface area contributed by atoms with Crippen LogP contribution in [0, 0.1) is 0 Å². The number of hydrogen-bond donors (Lipinski definition) is 0. The molecule has 0 radical (unpaired) electrons. The Morgan fingerprint density at radius 1 is 1.20 bits per heavy atom. The maximum Gasteiger partial charge on any atom is 0.294 e. The van der Waals surface area contributed by atoms with E-state index in [0.717, 1.165) is 0 Å². The molecule has 0 amide bonds. The fraction of sp³-hybridized carbons (Fsp3) is 0.182. The largest absolute Gasteiger partial charge is 0.294 e. The van der Waals surface area contributed by atoms with E-state index in [-0.39, 0.29) is 12.1 Å². The van der Waals surface area contributed by atoms with Crippen LogP contribution in [0.4, 0.5) is 8.78 Å². The Hall–Kier alpha value is -1.29. The summed E-state index contributed by atoms with van der Waals surface area (Å²) in [6, 6.07) is 8.04. The maximum atomic E-state index is 13.7. The van der Waals surface area contributed by atoms with Gasteiger partial charge in [-0.3, -0.25) is 4.98 Å². The van der Waals surface area contributed by atoms with Crippen LogP contribution in [0.15, 0.2) is 41.9 Å². The second-order valence-electron chi connectivity index (χ2n) is 3.18. The van der Waals surface area contributed by atoms with Crippen LogP contribution in [0.2, 0.25) is 0 Å². The van der Waals surface area contributed by atoms with Crippen LogP contribution in [0.25, 0.3) is 0 Å². The lowest BCUT2D eigenvalue weighted by atomic mass is 10.1. The molecule has 0 spiro atoms. The molecule has 2 aromatic heterocycles. The summed E-state index contributed by atoms with van der Waals surface area (Å²) in [5.41, 5.74) is -0.168. The summed E-state index contributed by atoms with van der Waals surface area (Å²) in [5, 5.41) is 1.80. The molecule has 78 valence electrons. The predicted molar refractivity (Wildman–Crippen MR) is 56.2 cm³/mol. The molecule has 0 aliphatic heterocycles. The highest BCUT2D eigenvalue weighted by molar-refractivity contribution is 7.09. The average molecular weight is 225 g/mol. The molecule has 0 saturated heterocycles. The first-order valence-electron chi connectivity index (χ1n) is 4.50. The summed E-state index contributed by atoms with van der Waals surface area (Å²) in [7, 11) is 0. The number of aromatic nitrogens is 1. The fourth-order valence-electron chi connectivity index (χ4n) is 1.30. The molecule has 0 fully saturated rings. The van der Waals surface area contributed by atoms with Crippen LogP contribution in [-0.4, -0.2) is 4.98 Å². The van der Waals surface area contributed by atoms with E-state index >= 15 is 0 Å². The molecule has 0 aliphatic carbocycles. The first kappa shape index (κ1) is 10.2. The minimum atomic E-state index is -2.88. The maximum absolute atomic E-state index is 13.7. The summed E-state index contributed by atoms with van der Waals surface area (Å²) < 4.78 is 27.3. The van der Waals surface area contributed by atoms with Gasteiger partial charge in [0.05, 0.1) is 6.42 Å². The normalized spacial score (nSPS) is 11.6. The summed E-state index contributed by atoms with van der Waals surface area (Å²) in [6.07, 6.45) is 1.11. The van der Waals surface area contributed by atoms with Gasteiger partial charge in [0, 0.05) is 11.1 Å². The summed E-state index contributed by atoms with van der Waals surface area (Å²) in [5.74, 6) is -2.88. The molecular weight excluding hydrogens is 216 g/mol. The minimum absolute atomic E-state index is 0.168. The summed E-state index contributed by atoms with van der Waals surface area (Å²) >= 11 is 1.34. The molecule has 15 heavy (non-hydrogen) atoms. The van der Waals surface area contributed by atoms with E-state index in [0.29, 0.717) is 4.88 Å². The van der Waals surface area contributed by atoms with Gasteiger partial charge in [-0.1, -0.05) is 12.1 Å². The van der Waals surface area contributed by atoms with Gasteiger partial charge in [-0.15, -0.1) is 11.3 Å². The van der Waals surface area contributed by atoms with Crippen molar-refractivity contribution < 1.29 is 8.78 Å².